The van der Waals surface area contributed by atoms with Crippen molar-refractivity contribution < 1.29 is 9.59 Å². The predicted molar refractivity (Wildman–Crippen MR) is 106 cm³/mol. The molecule has 1 N–H and O–H groups in total. The Bertz CT molecular complexity index is 633. The normalized spacial score (nSPS) is 12.4. The Kier molecular flexibility index (Phi) is 7.02. The fourth-order valence-corrected chi connectivity index (χ4v) is 2.62. The molecule has 148 valence electrons. The Hall–Kier alpha value is -1.85. The highest BCUT2D eigenvalue weighted by atomic mass is 16.2. The maximum absolute atomic E-state index is 12.6. The van der Waals surface area contributed by atoms with E-state index in [-0.39, 0.29) is 29.3 Å². The SMILES string of the molecule is CCC(=O)N(CC(=O)Nc1cc(C(C)(C)C)nn1C(C)(C)C)CC(C)C. The highest BCUT2D eigenvalue weighted by molar-refractivity contribution is 5.94. The van der Waals surface area contributed by atoms with E-state index in [0.717, 1.165) is 5.69 Å². The van der Waals surface area contributed by atoms with Gasteiger partial charge < -0.3 is 10.2 Å². The Morgan fingerprint density at radius 1 is 1.19 bits per heavy atom. The Balaban J connectivity index is 3.04. The Morgan fingerprint density at radius 3 is 2.19 bits per heavy atom. The molecule has 0 spiro atoms. The van der Waals surface area contributed by atoms with E-state index in [1.54, 1.807) is 4.90 Å². The van der Waals surface area contributed by atoms with Crippen LogP contribution in [0.3, 0.4) is 0 Å². The molecule has 0 radical (unpaired) electrons. The minimum atomic E-state index is -0.261. The van der Waals surface area contributed by atoms with Gasteiger partial charge in [0.2, 0.25) is 11.8 Å². The summed E-state index contributed by atoms with van der Waals surface area (Å²) in [4.78, 5) is 26.4. The monoisotopic (exact) mass is 364 g/mol. The molecule has 0 aromatic carbocycles. The van der Waals surface area contributed by atoms with Gasteiger partial charge in [0.15, 0.2) is 0 Å². The molecule has 1 heterocycles. The van der Waals surface area contributed by atoms with Crippen molar-refractivity contribution in [2.45, 2.75) is 79.7 Å². The minimum absolute atomic E-state index is 0.00596. The van der Waals surface area contributed by atoms with Gasteiger partial charge in [-0.1, -0.05) is 41.5 Å². The van der Waals surface area contributed by atoms with Crippen LogP contribution in [0.15, 0.2) is 6.07 Å². The van der Waals surface area contributed by atoms with Crippen LogP contribution in [0, 0.1) is 5.92 Å². The molecule has 6 nitrogen and oxygen atoms in total. The molecule has 2 amide bonds. The first-order valence-corrected chi connectivity index (χ1v) is 9.44. The molecule has 1 aromatic heterocycles. The van der Waals surface area contributed by atoms with Gasteiger partial charge in [-0.15, -0.1) is 0 Å². The largest absolute Gasteiger partial charge is 0.333 e. The molecule has 0 aliphatic heterocycles. The number of carbonyl (C=O) groups excluding carboxylic acids is 2. The number of nitrogens with one attached hydrogen (secondary N) is 1. The molecule has 0 fully saturated rings. The second-order valence-corrected chi connectivity index (χ2v) is 9.32. The van der Waals surface area contributed by atoms with Crippen LogP contribution in [0.4, 0.5) is 5.82 Å². The molecule has 0 aliphatic carbocycles. The third kappa shape index (κ3) is 6.15. The van der Waals surface area contributed by atoms with Crippen molar-refractivity contribution in [1.82, 2.24) is 14.7 Å². The van der Waals surface area contributed by atoms with Crippen LogP contribution >= 0.6 is 0 Å². The van der Waals surface area contributed by atoms with Gasteiger partial charge in [0.25, 0.3) is 0 Å². The van der Waals surface area contributed by atoms with Crippen molar-refractivity contribution in [3.05, 3.63) is 11.8 Å². The molecule has 1 aromatic rings. The molecular formula is C20H36N4O2. The van der Waals surface area contributed by atoms with Crippen LogP contribution in [0.25, 0.3) is 0 Å². The number of aromatic nitrogens is 2. The number of rotatable bonds is 6. The standard InChI is InChI=1S/C20H36N4O2/c1-10-18(26)23(12-14(2)3)13-17(25)21-16-11-15(19(4,5)6)22-24(16)20(7,8)9/h11,14H,10,12-13H2,1-9H3,(H,21,25). The van der Waals surface area contributed by atoms with Crippen LogP contribution in [-0.4, -0.2) is 39.6 Å². The Labute approximate surface area is 158 Å². The lowest BCUT2D eigenvalue weighted by molar-refractivity contribution is -0.134. The maximum Gasteiger partial charge on any atom is 0.245 e. The van der Waals surface area contributed by atoms with Gasteiger partial charge in [-0.05, 0) is 26.7 Å². The molecule has 0 unspecified atom stereocenters. The second kappa shape index (κ2) is 8.23. The summed E-state index contributed by atoms with van der Waals surface area (Å²) in [6.45, 7) is 19.0. The van der Waals surface area contributed by atoms with E-state index >= 15 is 0 Å². The van der Waals surface area contributed by atoms with Crippen molar-refractivity contribution >= 4 is 17.6 Å². The number of carbonyl (C=O) groups is 2. The minimum Gasteiger partial charge on any atom is -0.333 e. The van der Waals surface area contributed by atoms with Gasteiger partial charge >= 0.3 is 0 Å². The van der Waals surface area contributed by atoms with Crippen molar-refractivity contribution in [2.24, 2.45) is 5.92 Å². The van der Waals surface area contributed by atoms with E-state index in [9.17, 15) is 9.59 Å². The summed E-state index contributed by atoms with van der Waals surface area (Å²) in [5, 5.41) is 7.67. The average Bonchev–Trinajstić information content (AvgIpc) is 2.89. The fraction of sp³-hybridized carbons (Fsp3) is 0.750. The van der Waals surface area contributed by atoms with E-state index < -0.39 is 0 Å². The highest BCUT2D eigenvalue weighted by Crippen LogP contribution is 2.28. The summed E-state index contributed by atoms with van der Waals surface area (Å²) in [7, 11) is 0. The zero-order chi connectivity index (χ0) is 20.3. The molecule has 0 saturated heterocycles. The molecule has 0 saturated carbocycles. The smallest absolute Gasteiger partial charge is 0.245 e. The number of hydrogen-bond acceptors (Lipinski definition) is 3. The van der Waals surface area contributed by atoms with E-state index in [4.69, 9.17) is 5.10 Å². The summed E-state index contributed by atoms with van der Waals surface area (Å²) < 4.78 is 1.85. The third-order valence-corrected chi connectivity index (χ3v) is 3.96. The van der Waals surface area contributed by atoms with Crippen LogP contribution in [0.1, 0.15) is 74.4 Å². The summed E-state index contributed by atoms with van der Waals surface area (Å²) in [6, 6.07) is 1.93. The average molecular weight is 365 g/mol. The molecule has 6 heteroatoms. The maximum atomic E-state index is 12.6. The Morgan fingerprint density at radius 2 is 1.77 bits per heavy atom. The van der Waals surface area contributed by atoms with Gasteiger partial charge in [0.05, 0.1) is 17.8 Å². The van der Waals surface area contributed by atoms with Gasteiger partial charge in [0.1, 0.15) is 5.82 Å². The summed E-state index contributed by atoms with van der Waals surface area (Å²) >= 11 is 0. The number of nitrogens with zero attached hydrogens (tertiary/aromatic N) is 3. The van der Waals surface area contributed by atoms with Crippen molar-refractivity contribution in [3.63, 3.8) is 0 Å². The van der Waals surface area contributed by atoms with E-state index in [1.165, 1.54) is 0 Å². The lowest BCUT2D eigenvalue weighted by Crippen LogP contribution is -2.40. The summed E-state index contributed by atoms with van der Waals surface area (Å²) in [6.07, 6.45) is 0.397. The lowest BCUT2D eigenvalue weighted by atomic mass is 9.92. The van der Waals surface area contributed by atoms with Gasteiger partial charge in [-0.2, -0.15) is 5.10 Å². The zero-order valence-electron chi connectivity index (χ0n) is 17.9. The molecule has 0 atom stereocenters. The van der Waals surface area contributed by atoms with Crippen LogP contribution in [0.5, 0.6) is 0 Å². The molecular weight excluding hydrogens is 328 g/mol. The topological polar surface area (TPSA) is 67.2 Å². The zero-order valence-corrected chi connectivity index (χ0v) is 17.9. The van der Waals surface area contributed by atoms with Crippen LogP contribution < -0.4 is 5.32 Å². The summed E-state index contributed by atoms with van der Waals surface area (Å²) in [5.74, 6) is 0.777. The molecule has 0 aliphatic rings. The second-order valence-electron chi connectivity index (χ2n) is 9.32. The highest BCUT2D eigenvalue weighted by Gasteiger charge is 2.26. The first kappa shape index (κ1) is 22.2. The lowest BCUT2D eigenvalue weighted by Gasteiger charge is -2.25. The van der Waals surface area contributed by atoms with Crippen LogP contribution in [-0.2, 0) is 20.5 Å². The molecule has 1 rings (SSSR count). The first-order chi connectivity index (χ1) is 11.8. The van der Waals surface area contributed by atoms with Crippen LogP contribution in [0.2, 0.25) is 0 Å². The van der Waals surface area contributed by atoms with Crippen molar-refractivity contribution in [1.29, 1.82) is 0 Å². The number of hydrogen-bond donors (Lipinski definition) is 1. The van der Waals surface area contributed by atoms with E-state index in [1.807, 2.05) is 52.3 Å². The molecule has 0 bridgehead atoms. The van der Waals surface area contributed by atoms with Crippen molar-refractivity contribution in [3.8, 4) is 0 Å². The van der Waals surface area contributed by atoms with Crippen molar-refractivity contribution in [2.75, 3.05) is 18.4 Å². The number of amides is 2. The first-order valence-electron chi connectivity index (χ1n) is 9.44. The predicted octanol–water partition coefficient (Wildman–Crippen LogP) is 3.77. The van der Waals surface area contributed by atoms with E-state index in [2.05, 4.69) is 26.1 Å². The third-order valence-electron chi connectivity index (χ3n) is 3.96. The molecule has 26 heavy (non-hydrogen) atoms. The van der Waals surface area contributed by atoms with Gasteiger partial charge in [0, 0.05) is 24.4 Å². The van der Waals surface area contributed by atoms with E-state index in [0.29, 0.717) is 24.7 Å². The summed E-state index contributed by atoms with van der Waals surface area (Å²) in [5.41, 5.74) is 0.548. The van der Waals surface area contributed by atoms with Gasteiger partial charge in [-0.25, -0.2) is 4.68 Å². The number of anilines is 1. The van der Waals surface area contributed by atoms with Gasteiger partial charge in [-0.3, -0.25) is 9.59 Å². The quantitative estimate of drug-likeness (QED) is 0.835. The fourth-order valence-electron chi connectivity index (χ4n) is 2.62.